The van der Waals surface area contributed by atoms with E-state index in [1.54, 1.807) is 24.3 Å². The van der Waals surface area contributed by atoms with E-state index in [1.807, 2.05) is 0 Å². The maximum Gasteiger partial charge on any atom is 0.387 e. The standard InChI is InChI=1S/C22H22F2N2O8/c1-13(25-20(27)9-6-14-4-7-16(31-2)8-5-14)21(28)33-12-15-10-18(32-3)19(34-22(23)24)11-17(15)26(29)30/h4-11,13,22H,12H2,1-3H3,(H,25,27)/b9-6+/t13-/m0/s1. The van der Waals surface area contributed by atoms with Crippen molar-refractivity contribution in [3.63, 3.8) is 0 Å². The van der Waals surface area contributed by atoms with Crippen molar-refractivity contribution in [1.82, 2.24) is 5.32 Å². The quantitative estimate of drug-likeness (QED) is 0.224. The van der Waals surface area contributed by atoms with E-state index in [0.717, 1.165) is 24.8 Å². The lowest BCUT2D eigenvalue weighted by Crippen LogP contribution is -2.38. The number of nitrogens with one attached hydrogen (secondary N) is 1. The number of carbonyl (C=O) groups is 2. The molecule has 1 atom stereocenters. The molecule has 0 aromatic heterocycles. The number of rotatable bonds is 11. The Morgan fingerprint density at radius 1 is 1.12 bits per heavy atom. The lowest BCUT2D eigenvalue weighted by Gasteiger charge is -2.14. The topological polar surface area (TPSA) is 126 Å². The third-order valence-corrected chi connectivity index (χ3v) is 4.40. The molecule has 0 unspecified atom stereocenters. The highest BCUT2D eigenvalue weighted by Gasteiger charge is 2.24. The monoisotopic (exact) mass is 480 g/mol. The van der Waals surface area contributed by atoms with E-state index in [-0.39, 0.29) is 11.3 Å². The number of benzene rings is 2. The van der Waals surface area contributed by atoms with Crippen LogP contribution in [-0.4, -0.2) is 43.7 Å². The van der Waals surface area contributed by atoms with Gasteiger partial charge in [-0.3, -0.25) is 14.9 Å². The summed E-state index contributed by atoms with van der Waals surface area (Å²) in [6.45, 7) is -2.42. The second-order valence-corrected chi connectivity index (χ2v) is 6.71. The van der Waals surface area contributed by atoms with Crippen LogP contribution in [0.5, 0.6) is 17.2 Å². The maximum absolute atomic E-state index is 12.5. The third-order valence-electron chi connectivity index (χ3n) is 4.40. The van der Waals surface area contributed by atoms with Crippen molar-refractivity contribution in [2.45, 2.75) is 26.2 Å². The molecule has 0 heterocycles. The average Bonchev–Trinajstić information content (AvgIpc) is 2.81. The Bertz CT molecular complexity index is 1060. The average molecular weight is 480 g/mol. The van der Waals surface area contributed by atoms with Crippen LogP contribution in [0.15, 0.2) is 42.5 Å². The van der Waals surface area contributed by atoms with Crippen molar-refractivity contribution in [2.75, 3.05) is 14.2 Å². The van der Waals surface area contributed by atoms with Crippen molar-refractivity contribution >= 4 is 23.6 Å². The molecule has 0 spiro atoms. The Kier molecular flexibility index (Phi) is 9.29. The summed E-state index contributed by atoms with van der Waals surface area (Å²) >= 11 is 0. The first-order valence-electron chi connectivity index (χ1n) is 9.74. The first-order chi connectivity index (χ1) is 16.1. The summed E-state index contributed by atoms with van der Waals surface area (Å²) in [6, 6.07) is 7.65. The molecule has 0 aliphatic rings. The predicted molar refractivity (Wildman–Crippen MR) is 116 cm³/mol. The van der Waals surface area contributed by atoms with Crippen LogP contribution in [0.1, 0.15) is 18.1 Å². The fourth-order valence-electron chi connectivity index (χ4n) is 2.71. The molecule has 0 aliphatic carbocycles. The van der Waals surface area contributed by atoms with Crippen LogP contribution < -0.4 is 19.5 Å². The molecule has 0 fully saturated rings. The van der Waals surface area contributed by atoms with Gasteiger partial charge in [-0.15, -0.1) is 0 Å². The van der Waals surface area contributed by atoms with E-state index in [4.69, 9.17) is 14.2 Å². The molecule has 0 bridgehead atoms. The van der Waals surface area contributed by atoms with E-state index < -0.39 is 47.5 Å². The van der Waals surface area contributed by atoms with Crippen molar-refractivity contribution in [3.05, 3.63) is 63.7 Å². The first kappa shape index (κ1) is 26.0. The normalized spacial score (nSPS) is 11.7. The van der Waals surface area contributed by atoms with Gasteiger partial charge in [-0.05, 0) is 36.8 Å². The highest BCUT2D eigenvalue weighted by molar-refractivity contribution is 5.94. The molecular weight excluding hydrogens is 458 g/mol. The van der Waals surface area contributed by atoms with Crippen molar-refractivity contribution in [2.24, 2.45) is 0 Å². The van der Waals surface area contributed by atoms with Crippen LogP contribution in [0, 0.1) is 10.1 Å². The molecule has 1 N–H and O–H groups in total. The smallest absolute Gasteiger partial charge is 0.387 e. The Hall–Kier alpha value is -4.22. The molecule has 1 amide bonds. The van der Waals surface area contributed by atoms with Gasteiger partial charge in [0.05, 0.1) is 30.8 Å². The minimum Gasteiger partial charge on any atom is -0.497 e. The number of hydrogen-bond donors (Lipinski definition) is 1. The number of methoxy groups -OCH3 is 2. The molecule has 0 saturated carbocycles. The van der Waals surface area contributed by atoms with Crippen LogP contribution in [0.25, 0.3) is 6.08 Å². The fourth-order valence-corrected chi connectivity index (χ4v) is 2.71. The molecule has 2 rings (SSSR count). The summed E-state index contributed by atoms with van der Waals surface area (Å²) < 4.78 is 44.3. The molecule has 2 aromatic carbocycles. The molecule has 10 nitrogen and oxygen atoms in total. The number of nitrogens with zero attached hydrogens (tertiary/aromatic N) is 1. The van der Waals surface area contributed by atoms with E-state index in [9.17, 15) is 28.5 Å². The van der Waals surface area contributed by atoms with Gasteiger partial charge in [0.1, 0.15) is 18.4 Å². The predicted octanol–water partition coefficient (Wildman–Crippen LogP) is 3.47. The van der Waals surface area contributed by atoms with Gasteiger partial charge in [0, 0.05) is 6.08 Å². The highest BCUT2D eigenvalue weighted by Crippen LogP contribution is 2.36. The van der Waals surface area contributed by atoms with Gasteiger partial charge in [0.15, 0.2) is 11.5 Å². The lowest BCUT2D eigenvalue weighted by molar-refractivity contribution is -0.386. The van der Waals surface area contributed by atoms with Crippen molar-refractivity contribution in [1.29, 1.82) is 0 Å². The zero-order chi connectivity index (χ0) is 25.3. The van der Waals surface area contributed by atoms with Gasteiger partial charge in [0.2, 0.25) is 5.91 Å². The van der Waals surface area contributed by atoms with Crippen LogP contribution >= 0.6 is 0 Å². The molecule has 0 aliphatic heterocycles. The highest BCUT2D eigenvalue weighted by atomic mass is 19.3. The van der Waals surface area contributed by atoms with Gasteiger partial charge >= 0.3 is 12.6 Å². The minimum atomic E-state index is -3.22. The summed E-state index contributed by atoms with van der Waals surface area (Å²) in [5.41, 5.74) is 0.00446. The van der Waals surface area contributed by atoms with E-state index >= 15 is 0 Å². The minimum absolute atomic E-state index is 0.116. The lowest BCUT2D eigenvalue weighted by atomic mass is 10.1. The van der Waals surface area contributed by atoms with Crippen LogP contribution in [0.2, 0.25) is 0 Å². The maximum atomic E-state index is 12.5. The van der Waals surface area contributed by atoms with Crippen molar-refractivity contribution in [3.8, 4) is 17.2 Å². The van der Waals surface area contributed by atoms with Gasteiger partial charge in [0.25, 0.3) is 5.69 Å². The molecule has 182 valence electrons. The Balaban J connectivity index is 2.01. The van der Waals surface area contributed by atoms with Gasteiger partial charge in [-0.2, -0.15) is 8.78 Å². The number of halogens is 2. The Morgan fingerprint density at radius 3 is 2.35 bits per heavy atom. The second-order valence-electron chi connectivity index (χ2n) is 6.71. The Labute approximate surface area is 193 Å². The number of nitro groups is 1. The molecular formula is C22H22F2N2O8. The number of hydrogen-bond acceptors (Lipinski definition) is 8. The zero-order valence-corrected chi connectivity index (χ0v) is 18.4. The zero-order valence-electron chi connectivity index (χ0n) is 18.4. The van der Waals surface area contributed by atoms with Gasteiger partial charge in [-0.25, -0.2) is 4.79 Å². The number of carbonyl (C=O) groups excluding carboxylic acids is 2. The summed E-state index contributed by atoms with van der Waals surface area (Å²) in [4.78, 5) is 34.8. The van der Waals surface area contributed by atoms with Crippen molar-refractivity contribution < 1.29 is 42.2 Å². The summed E-state index contributed by atoms with van der Waals surface area (Å²) in [5.74, 6) is -1.52. The summed E-state index contributed by atoms with van der Waals surface area (Å²) in [7, 11) is 2.69. The number of alkyl halides is 2. The largest absolute Gasteiger partial charge is 0.497 e. The van der Waals surface area contributed by atoms with E-state index in [2.05, 4.69) is 10.1 Å². The summed E-state index contributed by atoms with van der Waals surface area (Å²) in [5, 5.41) is 13.7. The molecule has 34 heavy (non-hydrogen) atoms. The van der Waals surface area contributed by atoms with Crippen LogP contribution in [-0.2, 0) is 20.9 Å². The van der Waals surface area contributed by atoms with Gasteiger partial charge < -0.3 is 24.3 Å². The molecule has 0 radical (unpaired) electrons. The Morgan fingerprint density at radius 2 is 1.79 bits per heavy atom. The van der Waals surface area contributed by atoms with Crippen LogP contribution in [0.3, 0.4) is 0 Å². The molecule has 2 aromatic rings. The van der Waals surface area contributed by atoms with E-state index in [1.165, 1.54) is 26.2 Å². The second kappa shape index (κ2) is 12.1. The van der Waals surface area contributed by atoms with Gasteiger partial charge in [-0.1, -0.05) is 12.1 Å². The fraction of sp³-hybridized carbons (Fsp3) is 0.273. The number of nitro benzene ring substituents is 1. The molecule has 12 heteroatoms. The summed E-state index contributed by atoms with van der Waals surface area (Å²) in [6.07, 6.45) is 2.76. The first-order valence-corrected chi connectivity index (χ1v) is 9.74. The molecule has 0 saturated heterocycles. The van der Waals surface area contributed by atoms with Crippen LogP contribution in [0.4, 0.5) is 14.5 Å². The third kappa shape index (κ3) is 7.43. The number of amides is 1. The van der Waals surface area contributed by atoms with E-state index in [0.29, 0.717) is 5.75 Å². The number of esters is 1. The SMILES string of the molecule is COc1ccc(/C=C/C(=O)N[C@@H](C)C(=O)OCc2cc(OC)c(OC(F)F)cc2[N+](=O)[O-])cc1. The number of ether oxygens (including phenoxy) is 4.